The maximum absolute atomic E-state index is 2.44. The van der Waals surface area contributed by atoms with Crippen LogP contribution in [0.25, 0.3) is 10.6 Å². The van der Waals surface area contributed by atoms with Gasteiger partial charge in [0.15, 0.2) is 0 Å². The number of fused-ring (bicyclic) bond motifs is 2. The molecule has 170 valence electrons. The minimum atomic E-state index is -1.16. The third-order valence-corrected chi connectivity index (χ3v) is 18.0. The van der Waals surface area contributed by atoms with E-state index in [1.165, 1.54) is 21.7 Å². The van der Waals surface area contributed by atoms with Crippen molar-refractivity contribution in [1.29, 1.82) is 0 Å². The zero-order valence-electron chi connectivity index (χ0n) is 20.0. The Kier molecular flexibility index (Phi) is 6.86. The van der Waals surface area contributed by atoms with Crippen LogP contribution in [0.3, 0.4) is 0 Å². The molecule has 0 heterocycles. The number of benzene rings is 4. The summed E-state index contributed by atoms with van der Waals surface area (Å²) in [7, 11) is 1.48. The van der Waals surface area contributed by atoms with Gasteiger partial charge in [-0.15, -0.1) is 0 Å². The Labute approximate surface area is 223 Å². The fourth-order valence-corrected chi connectivity index (χ4v) is 16.3. The van der Waals surface area contributed by atoms with E-state index >= 15 is 0 Å². The maximum atomic E-state index is 2.44. The molecule has 0 spiro atoms. The fourth-order valence-electron chi connectivity index (χ4n) is 5.39. The number of allylic oxidation sites excluding steroid dienone is 2. The van der Waals surface area contributed by atoms with Crippen molar-refractivity contribution in [2.45, 2.75) is 21.2 Å². The zero-order chi connectivity index (χ0) is 23.8. The van der Waals surface area contributed by atoms with E-state index in [0.717, 1.165) is 17.2 Å². The van der Waals surface area contributed by atoms with Crippen molar-refractivity contribution in [2.24, 2.45) is 0 Å². The second-order valence-electron chi connectivity index (χ2n) is 9.31. The second-order valence-corrected chi connectivity index (χ2v) is 17.3. The SMILES string of the molecule is CC1=C(Pc2ccccc2)c2ccccc2[CH]1[Hf][CH]1C(C)=C(Pc2ccccc2)c2ccccc21. The molecule has 3 heteroatoms. The van der Waals surface area contributed by atoms with Gasteiger partial charge in [-0.3, -0.25) is 0 Å². The molecule has 0 bridgehead atoms. The van der Waals surface area contributed by atoms with Gasteiger partial charge in [-0.05, 0) is 0 Å². The topological polar surface area (TPSA) is 0 Å². The van der Waals surface area contributed by atoms with Gasteiger partial charge in [-0.2, -0.15) is 0 Å². The first-order valence-corrected chi connectivity index (χ1v) is 18.4. The summed E-state index contributed by atoms with van der Waals surface area (Å²) in [6, 6.07) is 40.6. The van der Waals surface area contributed by atoms with Crippen LogP contribution in [-0.2, 0) is 22.9 Å². The monoisotopic (exact) mass is 654 g/mol. The summed E-state index contributed by atoms with van der Waals surface area (Å²) in [6.07, 6.45) is 0. The van der Waals surface area contributed by atoms with E-state index in [2.05, 4.69) is 123 Å². The molecule has 0 aromatic heterocycles. The van der Waals surface area contributed by atoms with E-state index in [1.54, 1.807) is 32.9 Å². The molecule has 4 aromatic carbocycles. The summed E-state index contributed by atoms with van der Waals surface area (Å²) in [6.45, 7) is 4.88. The van der Waals surface area contributed by atoms with Gasteiger partial charge in [0.2, 0.25) is 0 Å². The average molecular weight is 653 g/mol. The standard InChI is InChI=1S/2C16H14P.Hf/c2*1-12-11-13-7-5-6-10-15(13)16(12)17-14-8-3-2-4-9-14;/h2*2-11,17H,1H3;. The van der Waals surface area contributed by atoms with Crippen LogP contribution in [0.4, 0.5) is 0 Å². The van der Waals surface area contributed by atoms with Crippen LogP contribution < -0.4 is 10.6 Å². The van der Waals surface area contributed by atoms with Gasteiger partial charge in [-0.25, -0.2) is 0 Å². The van der Waals surface area contributed by atoms with Crippen molar-refractivity contribution >= 4 is 38.4 Å². The minimum absolute atomic E-state index is 0.671. The number of hydrogen-bond donors (Lipinski definition) is 0. The third-order valence-electron chi connectivity index (χ3n) is 7.16. The Bertz CT molecular complexity index is 1330. The molecule has 0 saturated carbocycles. The van der Waals surface area contributed by atoms with E-state index in [0.29, 0.717) is 7.35 Å². The van der Waals surface area contributed by atoms with Gasteiger partial charge >= 0.3 is 225 Å². The van der Waals surface area contributed by atoms with Crippen molar-refractivity contribution < 1.29 is 22.9 Å². The molecule has 0 nitrogen and oxygen atoms in total. The molecule has 0 saturated heterocycles. The molecule has 35 heavy (non-hydrogen) atoms. The molecule has 0 fully saturated rings. The molecule has 6 rings (SSSR count). The van der Waals surface area contributed by atoms with E-state index in [-0.39, 0.29) is 0 Å². The van der Waals surface area contributed by atoms with Gasteiger partial charge in [0.25, 0.3) is 0 Å². The number of hydrogen-bond acceptors (Lipinski definition) is 0. The second kappa shape index (κ2) is 10.2. The van der Waals surface area contributed by atoms with Crippen LogP contribution in [0.5, 0.6) is 0 Å². The van der Waals surface area contributed by atoms with Crippen molar-refractivity contribution in [2.75, 3.05) is 0 Å². The Morgan fingerprint density at radius 2 is 0.857 bits per heavy atom. The summed E-state index contributed by atoms with van der Waals surface area (Å²) >= 11 is -1.16. The summed E-state index contributed by atoms with van der Waals surface area (Å²) in [5.74, 6) is 0. The van der Waals surface area contributed by atoms with Crippen LogP contribution >= 0.6 is 17.2 Å². The quantitative estimate of drug-likeness (QED) is 0.146. The van der Waals surface area contributed by atoms with Crippen LogP contribution in [0.2, 0.25) is 0 Å². The van der Waals surface area contributed by atoms with E-state index in [9.17, 15) is 0 Å². The van der Waals surface area contributed by atoms with Crippen molar-refractivity contribution in [1.82, 2.24) is 0 Å². The predicted octanol–water partition coefficient (Wildman–Crippen LogP) is 8.05. The Morgan fingerprint density at radius 3 is 1.29 bits per heavy atom. The third kappa shape index (κ3) is 4.53. The molecular formula is C32H28HfP2. The Hall–Kier alpha value is -1.91. The first kappa shape index (κ1) is 23.5. The first-order valence-electron chi connectivity index (χ1n) is 12.2. The fraction of sp³-hybridized carbons (Fsp3) is 0.125. The van der Waals surface area contributed by atoms with Gasteiger partial charge < -0.3 is 0 Å². The molecule has 0 N–H and O–H groups in total. The molecule has 4 unspecified atom stereocenters. The van der Waals surface area contributed by atoms with Crippen LogP contribution in [-0.4, -0.2) is 0 Å². The van der Waals surface area contributed by atoms with Crippen LogP contribution in [0.15, 0.2) is 120 Å². The molecule has 2 aliphatic carbocycles. The van der Waals surface area contributed by atoms with Gasteiger partial charge in [-0.1, -0.05) is 0 Å². The molecular weight excluding hydrogens is 625 g/mol. The van der Waals surface area contributed by atoms with Gasteiger partial charge in [0.05, 0.1) is 0 Å². The van der Waals surface area contributed by atoms with Crippen molar-refractivity contribution in [3.05, 3.63) is 143 Å². The van der Waals surface area contributed by atoms with Crippen LogP contribution in [0.1, 0.15) is 43.5 Å². The molecule has 2 aliphatic rings. The van der Waals surface area contributed by atoms with E-state index < -0.39 is 22.9 Å². The molecule has 4 atom stereocenters. The summed E-state index contributed by atoms with van der Waals surface area (Å²) < 4.78 is 1.34. The molecule has 4 aromatic rings. The molecule has 0 radical (unpaired) electrons. The molecule has 0 aliphatic heterocycles. The van der Waals surface area contributed by atoms with Crippen LogP contribution in [0, 0.1) is 0 Å². The van der Waals surface area contributed by atoms with E-state index in [4.69, 9.17) is 0 Å². The summed E-state index contributed by atoms with van der Waals surface area (Å²) in [4.78, 5) is 0. The van der Waals surface area contributed by atoms with Gasteiger partial charge in [0.1, 0.15) is 0 Å². The van der Waals surface area contributed by atoms with E-state index in [1.807, 2.05) is 0 Å². The zero-order valence-corrected chi connectivity index (χ0v) is 25.6. The Morgan fingerprint density at radius 1 is 0.486 bits per heavy atom. The molecule has 0 amide bonds. The summed E-state index contributed by atoms with van der Waals surface area (Å²) in [5, 5.41) is 6.09. The Balaban J connectivity index is 1.37. The average Bonchev–Trinajstić information content (AvgIpc) is 3.32. The predicted molar refractivity (Wildman–Crippen MR) is 152 cm³/mol. The normalized spacial score (nSPS) is 19.3. The van der Waals surface area contributed by atoms with Crippen molar-refractivity contribution in [3.8, 4) is 0 Å². The van der Waals surface area contributed by atoms with Gasteiger partial charge in [0, 0.05) is 0 Å². The first-order chi connectivity index (χ1) is 17.2. The summed E-state index contributed by atoms with van der Waals surface area (Å²) in [5.41, 5.74) is 9.56. The van der Waals surface area contributed by atoms with Crippen molar-refractivity contribution in [3.63, 3.8) is 0 Å². The number of rotatable bonds is 6.